The Bertz CT molecular complexity index is 1070. The van der Waals surface area contributed by atoms with Crippen molar-refractivity contribution in [3.8, 4) is 0 Å². The molecule has 34 heavy (non-hydrogen) atoms. The number of nitrogens with zero attached hydrogens (tertiary/aromatic N) is 5. The standard InChI is InChI=1S/C23H29N7O4/c1-28-9-11-29(12-10-28)22(32)15-5-7-17(8-6-15)26-23-25-14-20(30(33)34)19(27-23)13-16-3-2-4-18(16)21(24)31/h5-8,14,16,18H,2-4,9-13H2,1H3,(H2,24,31)(H,25,26,27)/t16-,18-/m0/s1. The zero-order valence-electron chi connectivity index (χ0n) is 19.1. The summed E-state index contributed by atoms with van der Waals surface area (Å²) in [4.78, 5) is 48.0. The number of nitrogens with one attached hydrogen (secondary N) is 1. The van der Waals surface area contributed by atoms with E-state index in [0.29, 0.717) is 37.2 Å². The lowest BCUT2D eigenvalue weighted by Crippen LogP contribution is -2.47. The van der Waals surface area contributed by atoms with Gasteiger partial charge in [-0.3, -0.25) is 19.7 Å². The van der Waals surface area contributed by atoms with Crippen LogP contribution in [0.5, 0.6) is 0 Å². The molecule has 2 aliphatic rings. The van der Waals surface area contributed by atoms with Gasteiger partial charge in [-0.1, -0.05) is 6.42 Å². The number of anilines is 2. The molecule has 0 radical (unpaired) electrons. The van der Waals surface area contributed by atoms with Crippen molar-refractivity contribution in [2.24, 2.45) is 17.6 Å². The van der Waals surface area contributed by atoms with Crippen LogP contribution in [-0.4, -0.2) is 69.7 Å². The second kappa shape index (κ2) is 10.1. The Labute approximate surface area is 197 Å². The van der Waals surface area contributed by atoms with Gasteiger partial charge in [0, 0.05) is 49.8 Å². The zero-order chi connectivity index (χ0) is 24.2. The summed E-state index contributed by atoms with van der Waals surface area (Å²) in [5.41, 5.74) is 6.87. The number of rotatable bonds is 7. The monoisotopic (exact) mass is 467 g/mol. The molecule has 2 aromatic rings. The van der Waals surface area contributed by atoms with Crippen molar-refractivity contribution in [2.75, 3.05) is 38.5 Å². The molecule has 4 rings (SSSR count). The second-order valence-electron chi connectivity index (χ2n) is 8.98. The van der Waals surface area contributed by atoms with Crippen LogP contribution in [0.1, 0.15) is 35.3 Å². The minimum atomic E-state index is -0.508. The van der Waals surface area contributed by atoms with Crippen LogP contribution >= 0.6 is 0 Å². The molecular weight excluding hydrogens is 438 g/mol. The van der Waals surface area contributed by atoms with Crippen LogP contribution in [0.3, 0.4) is 0 Å². The van der Waals surface area contributed by atoms with Crippen molar-refractivity contribution < 1.29 is 14.5 Å². The van der Waals surface area contributed by atoms with Crippen LogP contribution < -0.4 is 11.1 Å². The Morgan fingerprint density at radius 3 is 2.53 bits per heavy atom. The number of aromatic nitrogens is 2. The molecule has 2 atom stereocenters. The normalized spacial score (nSPS) is 20.8. The molecule has 2 heterocycles. The van der Waals surface area contributed by atoms with Crippen LogP contribution in [0, 0.1) is 22.0 Å². The zero-order valence-corrected chi connectivity index (χ0v) is 19.1. The van der Waals surface area contributed by atoms with Gasteiger partial charge in [0.1, 0.15) is 11.9 Å². The molecule has 0 bridgehead atoms. The van der Waals surface area contributed by atoms with E-state index in [1.54, 1.807) is 24.3 Å². The van der Waals surface area contributed by atoms with E-state index in [9.17, 15) is 19.7 Å². The fraction of sp³-hybridized carbons (Fsp3) is 0.478. The Morgan fingerprint density at radius 1 is 1.18 bits per heavy atom. The van der Waals surface area contributed by atoms with Gasteiger partial charge < -0.3 is 20.9 Å². The number of likely N-dealkylation sites (N-methyl/N-ethyl adjacent to an activating group) is 1. The van der Waals surface area contributed by atoms with E-state index in [4.69, 9.17) is 5.73 Å². The van der Waals surface area contributed by atoms with Gasteiger partial charge in [-0.05, 0) is 50.1 Å². The van der Waals surface area contributed by atoms with Gasteiger partial charge in [0.15, 0.2) is 0 Å². The average molecular weight is 468 g/mol. The molecule has 1 aliphatic carbocycles. The smallest absolute Gasteiger partial charge is 0.309 e. The molecule has 1 aliphatic heterocycles. The van der Waals surface area contributed by atoms with Crippen LogP contribution in [0.15, 0.2) is 30.5 Å². The molecular formula is C23H29N7O4. The SMILES string of the molecule is CN1CCN(C(=O)c2ccc(Nc3ncc([N+](=O)[O-])c(C[C@@H]4CCC[C@@H]4C(N)=O)n3)cc2)CC1. The fourth-order valence-corrected chi connectivity index (χ4v) is 4.70. The van der Waals surface area contributed by atoms with E-state index in [0.717, 1.165) is 25.9 Å². The van der Waals surface area contributed by atoms with Crippen molar-refractivity contribution >= 4 is 29.1 Å². The highest BCUT2D eigenvalue weighted by Crippen LogP contribution is 2.35. The lowest BCUT2D eigenvalue weighted by molar-refractivity contribution is -0.386. The number of nitrogens with two attached hydrogens (primary N) is 1. The Balaban J connectivity index is 1.47. The number of piperazine rings is 1. The van der Waals surface area contributed by atoms with Gasteiger partial charge in [0.05, 0.1) is 4.92 Å². The van der Waals surface area contributed by atoms with Crippen molar-refractivity contribution in [1.29, 1.82) is 0 Å². The highest BCUT2D eigenvalue weighted by Gasteiger charge is 2.34. The Morgan fingerprint density at radius 2 is 1.88 bits per heavy atom. The highest BCUT2D eigenvalue weighted by atomic mass is 16.6. The number of benzene rings is 1. The van der Waals surface area contributed by atoms with E-state index in [1.165, 1.54) is 6.20 Å². The summed E-state index contributed by atoms with van der Waals surface area (Å²) in [5.74, 6) is -0.527. The van der Waals surface area contributed by atoms with E-state index in [1.807, 2.05) is 11.9 Å². The summed E-state index contributed by atoms with van der Waals surface area (Å²) in [5, 5.41) is 14.6. The van der Waals surface area contributed by atoms with Gasteiger partial charge in [-0.25, -0.2) is 9.97 Å². The third kappa shape index (κ3) is 5.30. The summed E-state index contributed by atoms with van der Waals surface area (Å²) >= 11 is 0. The van der Waals surface area contributed by atoms with Crippen molar-refractivity contribution in [3.63, 3.8) is 0 Å². The van der Waals surface area contributed by atoms with Crippen LogP contribution in [0.4, 0.5) is 17.3 Å². The number of amides is 2. The summed E-state index contributed by atoms with van der Waals surface area (Å²) in [7, 11) is 2.04. The molecule has 11 nitrogen and oxygen atoms in total. The van der Waals surface area contributed by atoms with E-state index in [-0.39, 0.29) is 41.0 Å². The minimum absolute atomic E-state index is 0.00547. The molecule has 1 aromatic heterocycles. The topological polar surface area (TPSA) is 148 Å². The first kappa shape index (κ1) is 23.6. The molecule has 2 fully saturated rings. The van der Waals surface area contributed by atoms with E-state index >= 15 is 0 Å². The first-order chi connectivity index (χ1) is 16.3. The van der Waals surface area contributed by atoms with Gasteiger partial charge in [0.2, 0.25) is 11.9 Å². The number of carbonyl (C=O) groups excluding carboxylic acids is 2. The lowest BCUT2D eigenvalue weighted by Gasteiger charge is -2.32. The molecule has 2 amide bonds. The maximum Gasteiger partial charge on any atom is 0.309 e. The molecule has 1 saturated carbocycles. The van der Waals surface area contributed by atoms with Crippen LogP contribution in [0.25, 0.3) is 0 Å². The number of nitro groups is 1. The van der Waals surface area contributed by atoms with Gasteiger partial charge >= 0.3 is 5.69 Å². The summed E-state index contributed by atoms with van der Waals surface area (Å²) < 4.78 is 0. The molecule has 0 unspecified atom stereocenters. The molecule has 0 spiro atoms. The fourth-order valence-electron chi connectivity index (χ4n) is 4.70. The summed E-state index contributed by atoms with van der Waals surface area (Å²) in [6.07, 6.45) is 3.81. The predicted molar refractivity (Wildman–Crippen MR) is 126 cm³/mol. The maximum atomic E-state index is 12.7. The highest BCUT2D eigenvalue weighted by molar-refractivity contribution is 5.94. The average Bonchev–Trinajstić information content (AvgIpc) is 3.28. The van der Waals surface area contributed by atoms with Gasteiger partial charge in [-0.2, -0.15) is 0 Å². The molecule has 11 heteroatoms. The Kier molecular flexibility index (Phi) is 7.01. The lowest BCUT2D eigenvalue weighted by atomic mass is 9.90. The van der Waals surface area contributed by atoms with Crippen LogP contribution in [0.2, 0.25) is 0 Å². The maximum absolute atomic E-state index is 12.7. The number of hydrogen-bond acceptors (Lipinski definition) is 8. The van der Waals surface area contributed by atoms with Gasteiger partial charge in [0.25, 0.3) is 5.91 Å². The molecule has 1 saturated heterocycles. The number of hydrogen-bond donors (Lipinski definition) is 2. The van der Waals surface area contributed by atoms with E-state index in [2.05, 4.69) is 20.2 Å². The van der Waals surface area contributed by atoms with Gasteiger partial charge in [-0.15, -0.1) is 0 Å². The largest absolute Gasteiger partial charge is 0.369 e. The molecule has 3 N–H and O–H groups in total. The third-order valence-corrected chi connectivity index (χ3v) is 6.70. The van der Waals surface area contributed by atoms with Crippen molar-refractivity contribution in [3.05, 3.63) is 51.8 Å². The number of carbonyl (C=O) groups is 2. The molecule has 180 valence electrons. The summed E-state index contributed by atoms with van der Waals surface area (Å²) in [6.45, 7) is 3.11. The predicted octanol–water partition coefficient (Wildman–Crippen LogP) is 1.96. The Hall–Kier alpha value is -3.60. The number of primary amides is 1. The molecule has 1 aromatic carbocycles. The second-order valence-corrected chi connectivity index (χ2v) is 8.98. The first-order valence-electron chi connectivity index (χ1n) is 11.5. The quantitative estimate of drug-likeness (QED) is 0.464. The van der Waals surface area contributed by atoms with E-state index < -0.39 is 4.92 Å². The first-order valence-corrected chi connectivity index (χ1v) is 11.5. The third-order valence-electron chi connectivity index (χ3n) is 6.70. The minimum Gasteiger partial charge on any atom is -0.369 e. The van der Waals surface area contributed by atoms with Crippen molar-refractivity contribution in [2.45, 2.75) is 25.7 Å². The van der Waals surface area contributed by atoms with Crippen LogP contribution in [-0.2, 0) is 11.2 Å². The summed E-state index contributed by atoms with van der Waals surface area (Å²) in [6, 6.07) is 7.00. The van der Waals surface area contributed by atoms with Crippen molar-refractivity contribution in [1.82, 2.24) is 19.8 Å².